The van der Waals surface area contributed by atoms with E-state index in [0.29, 0.717) is 5.84 Å². The van der Waals surface area contributed by atoms with Gasteiger partial charge in [0.1, 0.15) is 5.84 Å². The van der Waals surface area contributed by atoms with Crippen molar-refractivity contribution in [2.45, 2.75) is 0 Å². The number of rotatable bonds is 2. The van der Waals surface area contributed by atoms with E-state index < -0.39 is 0 Å². The highest BCUT2D eigenvalue weighted by atomic mass is 79.9. The molecule has 1 heterocycles. The Morgan fingerprint density at radius 3 is 3.00 bits per heavy atom. The van der Waals surface area contributed by atoms with Crippen LogP contribution in [0.3, 0.4) is 0 Å². The first-order valence-electron chi connectivity index (χ1n) is 4.64. The van der Waals surface area contributed by atoms with Gasteiger partial charge in [-0.1, -0.05) is 6.07 Å². The summed E-state index contributed by atoms with van der Waals surface area (Å²) in [5.74, 6) is 0.614. The summed E-state index contributed by atoms with van der Waals surface area (Å²) >= 11 is 9.08. The largest absolute Gasteiger partial charge is 0.386 e. The lowest BCUT2D eigenvalue weighted by Gasteiger charge is -2.03. The molecule has 2 N–H and O–H groups in total. The molecule has 0 bridgehead atoms. The molecule has 82 valence electrons. The number of nitrogens with zero attached hydrogens (tertiary/aromatic N) is 2. The minimum atomic E-state index is 0.220. The van der Waals surface area contributed by atoms with Crippen molar-refractivity contribution >= 4 is 50.0 Å². The Hall–Kier alpha value is -1.13. The topological polar surface area (TPSA) is 51.3 Å². The van der Waals surface area contributed by atoms with Crippen molar-refractivity contribution in [3.8, 4) is 0 Å². The molecule has 1 aromatic carbocycles. The molecule has 0 aliphatic rings. The smallest absolute Gasteiger partial charge is 0.115 e. The summed E-state index contributed by atoms with van der Waals surface area (Å²) in [5, 5.41) is 1.01. The zero-order chi connectivity index (χ0) is 11.5. The summed E-state index contributed by atoms with van der Waals surface area (Å²) in [4.78, 5) is 8.46. The number of nitrogens with two attached hydrogens (primary N) is 1. The molecule has 3 nitrogen and oxygen atoms in total. The first kappa shape index (κ1) is 11.4. The van der Waals surface area contributed by atoms with Crippen molar-refractivity contribution in [3.05, 3.63) is 34.9 Å². The highest BCUT2D eigenvalue weighted by Gasteiger charge is 2.04. The number of pyridine rings is 1. The third-order valence-corrected chi connectivity index (χ3v) is 3.21. The van der Waals surface area contributed by atoms with Crippen LogP contribution in [-0.4, -0.2) is 16.7 Å². The van der Waals surface area contributed by atoms with Crippen molar-refractivity contribution in [3.63, 3.8) is 0 Å². The van der Waals surface area contributed by atoms with E-state index in [-0.39, 0.29) is 5.88 Å². The SMILES string of the molecule is NC(CCl)=Nc1ccc2ncccc2c1Br. The maximum absolute atomic E-state index is 5.60. The molecule has 0 saturated carbocycles. The third kappa shape index (κ3) is 2.18. The van der Waals surface area contributed by atoms with Crippen LogP contribution in [-0.2, 0) is 0 Å². The quantitative estimate of drug-likeness (QED) is 0.526. The van der Waals surface area contributed by atoms with Gasteiger partial charge in [0.15, 0.2) is 0 Å². The average Bonchev–Trinajstić information content (AvgIpc) is 2.33. The van der Waals surface area contributed by atoms with Crippen molar-refractivity contribution in [2.24, 2.45) is 10.7 Å². The van der Waals surface area contributed by atoms with Gasteiger partial charge in [0.25, 0.3) is 0 Å². The van der Waals surface area contributed by atoms with Crippen LogP contribution in [0.4, 0.5) is 5.69 Å². The van der Waals surface area contributed by atoms with Crippen molar-refractivity contribution in [1.29, 1.82) is 0 Å². The second-order valence-corrected chi connectivity index (χ2v) is 4.27. The van der Waals surface area contributed by atoms with Crippen LogP contribution >= 0.6 is 27.5 Å². The Morgan fingerprint density at radius 2 is 2.25 bits per heavy atom. The number of hydrogen-bond donors (Lipinski definition) is 1. The number of halogens is 2. The van der Waals surface area contributed by atoms with Crippen LogP contribution in [0.1, 0.15) is 0 Å². The number of amidine groups is 1. The first-order valence-corrected chi connectivity index (χ1v) is 5.97. The van der Waals surface area contributed by atoms with Crippen molar-refractivity contribution < 1.29 is 0 Å². The van der Waals surface area contributed by atoms with Crippen LogP contribution in [0.5, 0.6) is 0 Å². The summed E-state index contributed by atoms with van der Waals surface area (Å²) in [6.07, 6.45) is 1.75. The lowest BCUT2D eigenvalue weighted by Crippen LogP contribution is -2.12. The van der Waals surface area contributed by atoms with Gasteiger partial charge in [0.2, 0.25) is 0 Å². The molecule has 0 saturated heterocycles. The summed E-state index contributed by atoms with van der Waals surface area (Å²) < 4.78 is 0.881. The molecule has 0 aliphatic heterocycles. The zero-order valence-corrected chi connectivity index (χ0v) is 10.7. The predicted molar refractivity (Wildman–Crippen MR) is 71.4 cm³/mol. The molecule has 0 aliphatic carbocycles. The molecule has 0 spiro atoms. The first-order chi connectivity index (χ1) is 7.72. The van der Waals surface area contributed by atoms with Crippen LogP contribution in [0.25, 0.3) is 10.9 Å². The van der Waals surface area contributed by atoms with Gasteiger partial charge in [-0.25, -0.2) is 4.99 Å². The Morgan fingerprint density at radius 1 is 1.44 bits per heavy atom. The van der Waals surface area contributed by atoms with Crippen LogP contribution < -0.4 is 5.73 Å². The molecule has 5 heteroatoms. The van der Waals surface area contributed by atoms with E-state index in [2.05, 4.69) is 25.9 Å². The van der Waals surface area contributed by atoms with Gasteiger partial charge < -0.3 is 5.73 Å². The Labute approximate surface area is 106 Å². The fourth-order valence-corrected chi connectivity index (χ4v) is 1.99. The molecular weight excluding hydrogens is 289 g/mol. The van der Waals surface area contributed by atoms with E-state index >= 15 is 0 Å². The molecule has 1 aromatic heterocycles. The van der Waals surface area contributed by atoms with Gasteiger partial charge in [-0.2, -0.15) is 0 Å². The van der Waals surface area contributed by atoms with Gasteiger partial charge in [-0.3, -0.25) is 4.98 Å². The normalized spacial score (nSPS) is 12.0. The van der Waals surface area contributed by atoms with E-state index in [1.165, 1.54) is 0 Å². The molecule has 0 atom stereocenters. The monoisotopic (exact) mass is 297 g/mol. The number of aromatic nitrogens is 1. The summed E-state index contributed by atoms with van der Waals surface area (Å²) in [6, 6.07) is 7.62. The highest BCUT2D eigenvalue weighted by molar-refractivity contribution is 9.10. The van der Waals surface area contributed by atoms with Crippen LogP contribution in [0.2, 0.25) is 0 Å². The predicted octanol–water partition coefficient (Wildman–Crippen LogP) is 3.22. The van der Waals surface area contributed by atoms with Gasteiger partial charge >= 0.3 is 0 Å². The minimum Gasteiger partial charge on any atom is -0.386 e. The number of benzene rings is 1. The molecule has 0 amide bonds. The molecule has 2 aromatic rings. The maximum atomic E-state index is 5.60. The number of fused-ring (bicyclic) bond motifs is 1. The minimum absolute atomic E-state index is 0.220. The van der Waals surface area contributed by atoms with E-state index in [9.17, 15) is 0 Å². The number of alkyl halides is 1. The molecule has 16 heavy (non-hydrogen) atoms. The van der Waals surface area contributed by atoms with E-state index in [1.807, 2.05) is 24.3 Å². The summed E-state index contributed by atoms with van der Waals surface area (Å²) in [7, 11) is 0. The maximum Gasteiger partial charge on any atom is 0.115 e. The highest BCUT2D eigenvalue weighted by Crippen LogP contribution is 2.32. The summed E-state index contributed by atoms with van der Waals surface area (Å²) in [6.45, 7) is 0. The third-order valence-electron chi connectivity index (χ3n) is 2.10. The number of hydrogen-bond acceptors (Lipinski definition) is 2. The van der Waals surface area contributed by atoms with Crippen molar-refractivity contribution in [1.82, 2.24) is 4.98 Å². The van der Waals surface area contributed by atoms with E-state index in [1.54, 1.807) is 6.20 Å². The standard InChI is InChI=1S/C11H9BrClN3/c12-11-7-2-1-5-15-8(7)3-4-9(11)16-10(14)6-13/h1-5H,6H2,(H2,14,16). The van der Waals surface area contributed by atoms with E-state index in [4.69, 9.17) is 17.3 Å². The lowest BCUT2D eigenvalue weighted by atomic mass is 10.2. The molecule has 0 fully saturated rings. The molecule has 0 unspecified atom stereocenters. The second kappa shape index (κ2) is 4.80. The van der Waals surface area contributed by atoms with E-state index in [0.717, 1.165) is 21.1 Å². The van der Waals surface area contributed by atoms with Gasteiger partial charge in [0, 0.05) is 11.6 Å². The molecule has 0 radical (unpaired) electrons. The number of aliphatic imine (C=N–C) groups is 1. The Bertz CT molecular complexity index is 554. The van der Waals surface area contributed by atoms with Crippen molar-refractivity contribution in [2.75, 3.05) is 5.88 Å². The zero-order valence-electron chi connectivity index (χ0n) is 8.32. The lowest BCUT2D eigenvalue weighted by molar-refractivity contribution is 1.39. The second-order valence-electron chi connectivity index (χ2n) is 3.21. The van der Waals surface area contributed by atoms with Gasteiger partial charge in [-0.15, -0.1) is 11.6 Å². The van der Waals surface area contributed by atoms with Crippen LogP contribution in [0.15, 0.2) is 39.9 Å². The van der Waals surface area contributed by atoms with Gasteiger partial charge in [-0.05, 0) is 34.1 Å². The van der Waals surface area contributed by atoms with Gasteiger partial charge in [0.05, 0.1) is 21.6 Å². The average molecular weight is 299 g/mol. The fraction of sp³-hybridized carbons (Fsp3) is 0.0909. The Kier molecular flexibility index (Phi) is 3.41. The summed E-state index contributed by atoms with van der Waals surface area (Å²) in [5.41, 5.74) is 7.28. The molecule has 2 rings (SSSR count). The fourth-order valence-electron chi connectivity index (χ4n) is 1.38. The molecular formula is C11H9BrClN3. The Balaban J connectivity index is 2.61. The van der Waals surface area contributed by atoms with Crippen LogP contribution in [0, 0.1) is 0 Å².